The number of hydrogen-bond donors (Lipinski definition) is 1. The molecule has 1 aliphatic rings. The lowest BCUT2D eigenvalue weighted by Gasteiger charge is -2.20. The highest BCUT2D eigenvalue weighted by atomic mass is 16.3. The van der Waals surface area contributed by atoms with Gasteiger partial charge in [0.25, 0.3) is 0 Å². The van der Waals surface area contributed by atoms with Crippen LogP contribution in [0.4, 0.5) is 0 Å². The monoisotopic (exact) mass is 201 g/mol. The van der Waals surface area contributed by atoms with Crippen molar-refractivity contribution < 1.29 is 9.90 Å². The molecule has 0 aromatic rings. The van der Waals surface area contributed by atoms with Gasteiger partial charge in [-0.05, 0) is 46.8 Å². The molecule has 3 nitrogen and oxygen atoms in total. The summed E-state index contributed by atoms with van der Waals surface area (Å²) in [6.07, 6.45) is 5.20. The minimum atomic E-state index is -0.818. The lowest BCUT2D eigenvalue weighted by Crippen LogP contribution is -2.24. The second kappa shape index (κ2) is 6.96. The smallest absolute Gasteiger partial charge is 0.122 e. The molecule has 1 rings (SSSR count). The molecule has 1 fully saturated rings. The molecule has 0 amide bonds. The van der Waals surface area contributed by atoms with E-state index in [9.17, 15) is 4.79 Å². The Hall–Kier alpha value is -0.410. The van der Waals surface area contributed by atoms with Crippen LogP contribution in [0.25, 0.3) is 0 Å². The maximum Gasteiger partial charge on any atom is 0.122 e. The first-order valence-electron chi connectivity index (χ1n) is 5.30. The maximum atomic E-state index is 9.66. The van der Waals surface area contributed by atoms with E-state index in [1.54, 1.807) is 13.8 Å². The van der Waals surface area contributed by atoms with Gasteiger partial charge in [-0.2, -0.15) is 0 Å². The van der Waals surface area contributed by atoms with Crippen LogP contribution in [0, 0.1) is 0 Å². The van der Waals surface area contributed by atoms with Gasteiger partial charge < -0.3 is 14.8 Å². The van der Waals surface area contributed by atoms with Gasteiger partial charge >= 0.3 is 0 Å². The first-order chi connectivity index (χ1) is 6.45. The van der Waals surface area contributed by atoms with E-state index in [1.807, 2.05) is 0 Å². The van der Waals surface area contributed by atoms with Crippen molar-refractivity contribution in [3.8, 4) is 0 Å². The summed E-state index contributed by atoms with van der Waals surface area (Å²) < 4.78 is 0. The molecular formula is C11H23NO2. The Kier molecular flexibility index (Phi) is 6.75. The van der Waals surface area contributed by atoms with E-state index in [4.69, 9.17) is 5.11 Å². The third-order valence-corrected chi connectivity index (χ3v) is 2.16. The minimum Gasteiger partial charge on any atom is -0.390 e. The zero-order valence-corrected chi connectivity index (χ0v) is 9.62. The Balaban J connectivity index is 0.000000241. The quantitative estimate of drug-likeness (QED) is 0.687. The number of nitrogens with zero attached hydrogens (tertiary/aromatic N) is 1. The maximum absolute atomic E-state index is 9.66. The highest BCUT2D eigenvalue weighted by Crippen LogP contribution is 2.04. The number of aldehydes is 1. The van der Waals surface area contributed by atoms with Gasteiger partial charge in [-0.15, -0.1) is 0 Å². The van der Waals surface area contributed by atoms with E-state index >= 15 is 0 Å². The molecular weight excluding hydrogens is 178 g/mol. The average Bonchev–Trinajstić information content (AvgIpc) is 2.04. The van der Waals surface area contributed by atoms with Crippen molar-refractivity contribution in [2.75, 3.05) is 20.1 Å². The molecule has 0 saturated carbocycles. The Bertz CT molecular complexity index is 146. The van der Waals surface area contributed by atoms with Crippen molar-refractivity contribution in [3.05, 3.63) is 0 Å². The van der Waals surface area contributed by atoms with E-state index < -0.39 is 5.60 Å². The Labute approximate surface area is 87.1 Å². The molecule has 0 atom stereocenters. The summed E-state index contributed by atoms with van der Waals surface area (Å²) in [4.78, 5) is 12.1. The van der Waals surface area contributed by atoms with E-state index in [0.29, 0.717) is 6.29 Å². The Morgan fingerprint density at radius 2 is 1.79 bits per heavy atom. The average molecular weight is 201 g/mol. The zero-order chi connectivity index (χ0) is 11.0. The van der Waals surface area contributed by atoms with Gasteiger partial charge in [0.15, 0.2) is 0 Å². The van der Waals surface area contributed by atoms with Gasteiger partial charge in [0, 0.05) is 6.42 Å². The van der Waals surface area contributed by atoms with Crippen LogP contribution in [0.3, 0.4) is 0 Å². The van der Waals surface area contributed by atoms with E-state index in [1.165, 1.54) is 32.4 Å². The molecule has 0 aliphatic carbocycles. The molecule has 0 spiro atoms. The number of piperidine rings is 1. The third-order valence-electron chi connectivity index (χ3n) is 2.16. The van der Waals surface area contributed by atoms with Crippen molar-refractivity contribution in [1.29, 1.82) is 0 Å². The predicted octanol–water partition coefficient (Wildman–Crippen LogP) is 1.45. The molecule has 1 heterocycles. The molecule has 0 unspecified atom stereocenters. The van der Waals surface area contributed by atoms with Crippen LogP contribution in [0.15, 0.2) is 0 Å². The van der Waals surface area contributed by atoms with Crippen LogP contribution >= 0.6 is 0 Å². The number of aliphatic hydroxyl groups is 1. The van der Waals surface area contributed by atoms with Crippen molar-refractivity contribution in [2.45, 2.75) is 45.1 Å². The van der Waals surface area contributed by atoms with Gasteiger partial charge in [0.1, 0.15) is 6.29 Å². The van der Waals surface area contributed by atoms with Gasteiger partial charge in [-0.25, -0.2) is 0 Å². The molecule has 0 aromatic carbocycles. The third kappa shape index (κ3) is 9.68. The van der Waals surface area contributed by atoms with E-state index in [2.05, 4.69) is 11.9 Å². The van der Waals surface area contributed by atoms with Crippen molar-refractivity contribution in [2.24, 2.45) is 0 Å². The highest BCUT2D eigenvalue weighted by Gasteiger charge is 2.09. The first-order valence-corrected chi connectivity index (χ1v) is 5.30. The fraction of sp³-hybridized carbons (Fsp3) is 0.909. The van der Waals surface area contributed by atoms with Crippen LogP contribution in [0.1, 0.15) is 39.5 Å². The zero-order valence-electron chi connectivity index (χ0n) is 9.62. The number of carbonyl (C=O) groups excluding carboxylic acids is 1. The first kappa shape index (κ1) is 13.6. The topological polar surface area (TPSA) is 40.5 Å². The SMILES string of the molecule is CC(C)(O)CC=O.CN1CCCCC1. The van der Waals surface area contributed by atoms with Crippen LogP contribution in [-0.2, 0) is 4.79 Å². The second-order valence-corrected chi connectivity index (χ2v) is 4.55. The lowest BCUT2D eigenvalue weighted by atomic mass is 10.1. The van der Waals surface area contributed by atoms with E-state index in [0.717, 1.165) is 0 Å². The molecule has 1 N–H and O–H groups in total. The molecule has 14 heavy (non-hydrogen) atoms. The summed E-state index contributed by atoms with van der Waals surface area (Å²) in [6, 6.07) is 0. The van der Waals surface area contributed by atoms with Crippen molar-refractivity contribution in [1.82, 2.24) is 4.90 Å². The molecule has 0 aromatic heterocycles. The second-order valence-electron chi connectivity index (χ2n) is 4.55. The van der Waals surface area contributed by atoms with Gasteiger partial charge in [0.2, 0.25) is 0 Å². The summed E-state index contributed by atoms with van der Waals surface area (Å²) in [6.45, 7) is 5.84. The normalized spacial score (nSPS) is 18.3. The predicted molar refractivity (Wildman–Crippen MR) is 58.3 cm³/mol. The summed E-state index contributed by atoms with van der Waals surface area (Å²) >= 11 is 0. The number of likely N-dealkylation sites (tertiary alicyclic amines) is 1. The van der Waals surface area contributed by atoms with Gasteiger partial charge in [0.05, 0.1) is 5.60 Å². The lowest BCUT2D eigenvalue weighted by molar-refractivity contribution is -0.111. The van der Waals surface area contributed by atoms with Crippen molar-refractivity contribution >= 4 is 6.29 Å². The molecule has 0 radical (unpaired) electrons. The Morgan fingerprint density at radius 1 is 1.29 bits per heavy atom. The Morgan fingerprint density at radius 3 is 1.93 bits per heavy atom. The fourth-order valence-electron chi connectivity index (χ4n) is 1.26. The molecule has 1 saturated heterocycles. The summed E-state index contributed by atoms with van der Waals surface area (Å²) in [5, 5.41) is 8.79. The molecule has 3 heteroatoms. The molecule has 1 aliphatic heterocycles. The number of hydrogen-bond acceptors (Lipinski definition) is 3. The standard InChI is InChI=1S/C6H13N.C5H10O2/c1-7-5-3-2-4-6-7;1-5(2,7)3-4-6/h2-6H2,1H3;4,7H,3H2,1-2H3. The van der Waals surface area contributed by atoms with Crippen molar-refractivity contribution in [3.63, 3.8) is 0 Å². The van der Waals surface area contributed by atoms with Crippen LogP contribution in [0.5, 0.6) is 0 Å². The number of rotatable bonds is 2. The summed E-state index contributed by atoms with van der Waals surface area (Å²) in [5.74, 6) is 0. The number of carbonyl (C=O) groups is 1. The van der Waals surface area contributed by atoms with Gasteiger partial charge in [-0.3, -0.25) is 0 Å². The minimum absolute atomic E-state index is 0.215. The summed E-state index contributed by atoms with van der Waals surface area (Å²) in [7, 11) is 2.19. The van der Waals surface area contributed by atoms with Gasteiger partial charge in [-0.1, -0.05) is 6.42 Å². The largest absolute Gasteiger partial charge is 0.390 e. The molecule has 0 bridgehead atoms. The van der Waals surface area contributed by atoms with Crippen LogP contribution in [0.2, 0.25) is 0 Å². The van der Waals surface area contributed by atoms with E-state index in [-0.39, 0.29) is 6.42 Å². The van der Waals surface area contributed by atoms with Crippen LogP contribution in [-0.4, -0.2) is 42.0 Å². The summed E-state index contributed by atoms with van der Waals surface area (Å²) in [5.41, 5.74) is -0.818. The molecule has 84 valence electrons. The van der Waals surface area contributed by atoms with Crippen LogP contribution < -0.4 is 0 Å². The fourth-order valence-corrected chi connectivity index (χ4v) is 1.26. The highest BCUT2D eigenvalue weighted by molar-refractivity contribution is 5.50.